The van der Waals surface area contributed by atoms with E-state index in [1.807, 2.05) is 14.0 Å². The predicted molar refractivity (Wildman–Crippen MR) is 80.8 cm³/mol. The van der Waals surface area contributed by atoms with Crippen LogP contribution in [0.3, 0.4) is 0 Å². The molecule has 1 N–H and O–H groups in total. The molecule has 0 spiro atoms. The molecule has 0 radical (unpaired) electrons. The van der Waals surface area contributed by atoms with Crippen LogP contribution in [0.4, 0.5) is 0 Å². The Morgan fingerprint density at radius 1 is 1.33 bits per heavy atom. The Bertz CT molecular complexity index is 533. The molecule has 0 amide bonds. The molecule has 1 aromatic carbocycles. The van der Waals surface area contributed by atoms with Crippen molar-refractivity contribution in [2.45, 2.75) is 26.3 Å². The second-order valence-corrected chi connectivity index (χ2v) is 5.75. The lowest BCUT2D eigenvalue weighted by Crippen LogP contribution is -2.17. The summed E-state index contributed by atoms with van der Waals surface area (Å²) in [5.41, 5.74) is 3.76. The third-order valence-electron chi connectivity index (χ3n) is 3.24. The summed E-state index contributed by atoms with van der Waals surface area (Å²) in [4.78, 5) is 1.39. The lowest BCUT2D eigenvalue weighted by atomic mass is 10.0. The van der Waals surface area contributed by atoms with Crippen LogP contribution in [0.2, 0.25) is 5.02 Å². The molecule has 1 heterocycles. The highest BCUT2D eigenvalue weighted by Crippen LogP contribution is 2.31. The fraction of sp³-hybridized carbons (Fsp3) is 0.333. The summed E-state index contributed by atoms with van der Waals surface area (Å²) in [6.45, 7) is 4.23. The van der Waals surface area contributed by atoms with Crippen LogP contribution in [0.5, 0.6) is 0 Å². The van der Waals surface area contributed by atoms with Gasteiger partial charge in [0.1, 0.15) is 0 Å². The van der Waals surface area contributed by atoms with Gasteiger partial charge >= 0.3 is 0 Å². The minimum absolute atomic E-state index is 0.234. The monoisotopic (exact) mass is 279 g/mol. The Morgan fingerprint density at radius 2 is 2.11 bits per heavy atom. The molecule has 1 unspecified atom stereocenters. The highest BCUT2D eigenvalue weighted by Gasteiger charge is 2.17. The molecule has 0 bridgehead atoms. The second kappa shape index (κ2) is 5.87. The van der Waals surface area contributed by atoms with E-state index in [9.17, 15) is 0 Å². The first-order valence-electron chi connectivity index (χ1n) is 6.17. The molecule has 0 fully saturated rings. The van der Waals surface area contributed by atoms with Crippen LogP contribution in [-0.2, 0) is 6.42 Å². The van der Waals surface area contributed by atoms with E-state index in [1.54, 1.807) is 11.3 Å². The molecule has 1 nitrogen and oxygen atoms in total. The van der Waals surface area contributed by atoms with Crippen LogP contribution in [-0.4, -0.2) is 7.05 Å². The molecular formula is C15H18ClNS. The minimum Gasteiger partial charge on any atom is -0.309 e. The maximum absolute atomic E-state index is 6.23. The maximum atomic E-state index is 6.23. The number of hydrogen-bond donors (Lipinski definition) is 1. The summed E-state index contributed by atoms with van der Waals surface area (Å²) in [6.07, 6.45) is 1.07. The first-order chi connectivity index (χ1) is 8.67. The van der Waals surface area contributed by atoms with E-state index in [2.05, 4.69) is 41.9 Å². The summed E-state index contributed by atoms with van der Waals surface area (Å²) < 4.78 is 0. The third-order valence-corrected chi connectivity index (χ3v) is 4.67. The van der Waals surface area contributed by atoms with E-state index in [-0.39, 0.29) is 6.04 Å². The molecule has 18 heavy (non-hydrogen) atoms. The van der Waals surface area contributed by atoms with Gasteiger partial charge in [-0.05, 0) is 54.6 Å². The summed E-state index contributed by atoms with van der Waals surface area (Å²) in [5.74, 6) is 0. The van der Waals surface area contributed by atoms with Gasteiger partial charge in [-0.25, -0.2) is 0 Å². The molecule has 2 aromatic rings. The summed E-state index contributed by atoms with van der Waals surface area (Å²) in [5, 5.41) is 6.39. The molecule has 0 saturated heterocycles. The van der Waals surface area contributed by atoms with Gasteiger partial charge in [0.25, 0.3) is 0 Å². The Kier molecular flexibility index (Phi) is 4.44. The Hall–Kier alpha value is -0.830. The van der Waals surface area contributed by atoms with Gasteiger partial charge in [-0.15, -0.1) is 11.3 Å². The van der Waals surface area contributed by atoms with Crippen LogP contribution in [0.15, 0.2) is 29.6 Å². The normalized spacial score (nSPS) is 12.7. The summed E-state index contributed by atoms with van der Waals surface area (Å²) >= 11 is 8.03. The van der Waals surface area contributed by atoms with Crippen molar-refractivity contribution in [1.82, 2.24) is 5.32 Å². The number of thiophene rings is 1. The number of halogens is 1. The average molecular weight is 280 g/mol. The number of hydrogen-bond acceptors (Lipinski definition) is 2. The Balaban J connectivity index is 2.42. The third kappa shape index (κ3) is 2.61. The second-order valence-electron chi connectivity index (χ2n) is 4.39. The Morgan fingerprint density at radius 3 is 2.72 bits per heavy atom. The molecule has 0 saturated carbocycles. The molecule has 96 valence electrons. The highest BCUT2D eigenvalue weighted by molar-refractivity contribution is 7.10. The van der Waals surface area contributed by atoms with Gasteiger partial charge in [-0.2, -0.15) is 0 Å². The van der Waals surface area contributed by atoms with Crippen molar-refractivity contribution >= 4 is 22.9 Å². The van der Waals surface area contributed by atoms with Crippen LogP contribution in [0.1, 0.15) is 34.5 Å². The molecule has 0 aliphatic heterocycles. The van der Waals surface area contributed by atoms with Crippen molar-refractivity contribution in [3.63, 3.8) is 0 Å². The molecular weight excluding hydrogens is 262 g/mol. The molecule has 0 aliphatic rings. The van der Waals surface area contributed by atoms with Crippen LogP contribution in [0, 0.1) is 6.92 Å². The number of rotatable bonds is 4. The van der Waals surface area contributed by atoms with Gasteiger partial charge in [-0.1, -0.05) is 30.7 Å². The topological polar surface area (TPSA) is 12.0 Å². The van der Waals surface area contributed by atoms with Crippen LogP contribution in [0.25, 0.3) is 0 Å². The van der Waals surface area contributed by atoms with Gasteiger partial charge in [0, 0.05) is 9.90 Å². The van der Waals surface area contributed by atoms with Crippen molar-refractivity contribution in [3.05, 3.63) is 56.2 Å². The fourth-order valence-electron chi connectivity index (χ4n) is 2.13. The summed E-state index contributed by atoms with van der Waals surface area (Å²) in [6, 6.07) is 8.75. The van der Waals surface area contributed by atoms with Gasteiger partial charge in [0.05, 0.1) is 6.04 Å². The average Bonchev–Trinajstić information content (AvgIpc) is 2.83. The fourth-order valence-corrected chi connectivity index (χ4v) is 3.45. The van der Waals surface area contributed by atoms with Crippen LogP contribution >= 0.6 is 22.9 Å². The van der Waals surface area contributed by atoms with Crippen molar-refractivity contribution in [3.8, 4) is 0 Å². The lowest BCUT2D eigenvalue weighted by Gasteiger charge is -2.18. The van der Waals surface area contributed by atoms with E-state index >= 15 is 0 Å². The van der Waals surface area contributed by atoms with Gasteiger partial charge in [-0.3, -0.25) is 0 Å². The van der Waals surface area contributed by atoms with Crippen molar-refractivity contribution in [2.75, 3.05) is 7.05 Å². The first-order valence-corrected chi connectivity index (χ1v) is 7.42. The predicted octanol–water partition coefficient (Wildman–Crippen LogP) is 4.58. The van der Waals surface area contributed by atoms with Crippen molar-refractivity contribution in [2.24, 2.45) is 0 Å². The quantitative estimate of drug-likeness (QED) is 0.864. The largest absolute Gasteiger partial charge is 0.309 e. The SMILES string of the molecule is CCc1ccsc1C(NC)c1ccc(C)c(Cl)c1. The van der Waals surface area contributed by atoms with E-state index in [0.717, 1.165) is 17.0 Å². The van der Waals surface area contributed by atoms with Crippen LogP contribution < -0.4 is 5.32 Å². The first kappa shape index (κ1) is 13.6. The summed E-state index contributed by atoms with van der Waals surface area (Å²) in [7, 11) is 2.00. The zero-order chi connectivity index (χ0) is 13.1. The standard InChI is InChI=1S/C15H18ClNS/c1-4-11-7-8-18-15(11)14(17-3)12-6-5-10(2)13(16)9-12/h5-9,14,17H,4H2,1-3H3. The number of aryl methyl sites for hydroxylation is 2. The van der Waals surface area contributed by atoms with Gasteiger partial charge in [0.15, 0.2) is 0 Å². The van der Waals surface area contributed by atoms with E-state index in [0.29, 0.717) is 0 Å². The highest BCUT2D eigenvalue weighted by atomic mass is 35.5. The van der Waals surface area contributed by atoms with Gasteiger partial charge < -0.3 is 5.32 Å². The van der Waals surface area contributed by atoms with E-state index in [4.69, 9.17) is 11.6 Å². The molecule has 3 heteroatoms. The zero-order valence-corrected chi connectivity index (χ0v) is 12.5. The van der Waals surface area contributed by atoms with Crippen molar-refractivity contribution in [1.29, 1.82) is 0 Å². The van der Waals surface area contributed by atoms with E-state index in [1.165, 1.54) is 16.0 Å². The lowest BCUT2D eigenvalue weighted by molar-refractivity contribution is 0.697. The molecule has 0 aliphatic carbocycles. The molecule has 2 rings (SSSR count). The van der Waals surface area contributed by atoms with Crippen molar-refractivity contribution < 1.29 is 0 Å². The number of benzene rings is 1. The van der Waals surface area contributed by atoms with Gasteiger partial charge in [0.2, 0.25) is 0 Å². The number of nitrogens with one attached hydrogen (secondary N) is 1. The maximum Gasteiger partial charge on any atom is 0.0671 e. The smallest absolute Gasteiger partial charge is 0.0671 e. The van der Waals surface area contributed by atoms with E-state index < -0.39 is 0 Å². The minimum atomic E-state index is 0.234. The zero-order valence-electron chi connectivity index (χ0n) is 11.0. The molecule has 1 atom stereocenters. The Labute approximate surface area is 118 Å². The molecule has 1 aromatic heterocycles.